The summed E-state index contributed by atoms with van der Waals surface area (Å²) in [4.78, 5) is 34.6. The Morgan fingerprint density at radius 2 is 1.92 bits per heavy atom. The van der Waals surface area contributed by atoms with Gasteiger partial charge in [0.05, 0.1) is 31.9 Å². The van der Waals surface area contributed by atoms with E-state index < -0.39 is 34.2 Å². The molecule has 0 bridgehead atoms. The van der Waals surface area contributed by atoms with Crippen molar-refractivity contribution >= 4 is 34.1 Å². The number of non-ortho nitro benzene ring substituents is 1. The molecule has 26 heavy (non-hydrogen) atoms. The lowest BCUT2D eigenvalue weighted by atomic mass is 10.2. The summed E-state index contributed by atoms with van der Waals surface area (Å²) in [6.07, 6.45) is 1.43. The minimum atomic E-state index is -1.38. The van der Waals surface area contributed by atoms with E-state index in [0.29, 0.717) is 10.5 Å². The largest absolute Gasteiger partial charge is 0.452 e. The second-order valence-corrected chi connectivity index (χ2v) is 6.68. The number of ether oxygens (including phenoxy) is 1. The highest BCUT2D eigenvalue weighted by atomic mass is 32.2. The molecule has 9 heteroatoms. The Kier molecular flexibility index (Phi) is 6.18. The van der Waals surface area contributed by atoms with E-state index in [1.165, 1.54) is 30.5 Å². The fourth-order valence-electron chi connectivity index (χ4n) is 2.14. The highest BCUT2D eigenvalue weighted by Crippen LogP contribution is 2.21. The lowest BCUT2D eigenvalue weighted by molar-refractivity contribution is -0.384. The van der Waals surface area contributed by atoms with Crippen LogP contribution in [0.4, 0.5) is 11.4 Å². The molecule has 0 saturated carbocycles. The number of carbonyl (C=O) groups is 2. The number of nitro groups is 1. The number of hydrogen-bond acceptors (Lipinski definition) is 6. The number of rotatable bonds is 6. The maximum atomic E-state index is 12.1. The number of amides is 1. The molecule has 0 spiro atoms. The van der Waals surface area contributed by atoms with Crippen LogP contribution in [-0.2, 0) is 20.3 Å². The van der Waals surface area contributed by atoms with Gasteiger partial charge in [0.15, 0.2) is 6.61 Å². The maximum absolute atomic E-state index is 12.1. The smallest absolute Gasteiger partial charge is 0.339 e. The van der Waals surface area contributed by atoms with Crippen molar-refractivity contribution in [3.63, 3.8) is 0 Å². The van der Waals surface area contributed by atoms with Gasteiger partial charge in [-0.05, 0) is 24.6 Å². The number of nitrogens with one attached hydrogen (secondary N) is 1. The molecule has 0 radical (unpaired) electrons. The summed E-state index contributed by atoms with van der Waals surface area (Å²) in [7, 11) is -1.38. The number of anilines is 1. The molecule has 2 aromatic rings. The predicted molar refractivity (Wildman–Crippen MR) is 95.5 cm³/mol. The van der Waals surface area contributed by atoms with Crippen LogP contribution in [0.2, 0.25) is 0 Å². The first kappa shape index (κ1) is 19.3. The average Bonchev–Trinajstić information content (AvgIpc) is 2.61. The maximum Gasteiger partial charge on any atom is 0.339 e. The number of esters is 1. The van der Waals surface area contributed by atoms with Gasteiger partial charge in [0.1, 0.15) is 0 Å². The lowest BCUT2D eigenvalue weighted by Crippen LogP contribution is -2.22. The normalized spacial score (nSPS) is 11.5. The third-order valence-corrected chi connectivity index (χ3v) is 4.43. The summed E-state index contributed by atoms with van der Waals surface area (Å²) in [6.45, 7) is 1.10. The van der Waals surface area contributed by atoms with Gasteiger partial charge in [0.25, 0.3) is 11.6 Å². The van der Waals surface area contributed by atoms with Crippen molar-refractivity contribution in [2.45, 2.75) is 11.8 Å². The molecule has 0 saturated heterocycles. The zero-order chi connectivity index (χ0) is 19.3. The van der Waals surface area contributed by atoms with Crippen molar-refractivity contribution in [2.75, 3.05) is 18.2 Å². The average molecular weight is 376 g/mol. The molecule has 8 nitrogen and oxygen atoms in total. The summed E-state index contributed by atoms with van der Waals surface area (Å²) < 4.78 is 16.6. The Labute approximate surface area is 151 Å². The molecule has 1 atom stereocenters. The van der Waals surface area contributed by atoms with Crippen LogP contribution >= 0.6 is 0 Å². The van der Waals surface area contributed by atoms with Gasteiger partial charge in [-0.2, -0.15) is 0 Å². The molecule has 0 aliphatic carbocycles. The summed E-state index contributed by atoms with van der Waals surface area (Å²) in [6, 6.07) is 10.3. The van der Waals surface area contributed by atoms with Crippen LogP contribution in [0.1, 0.15) is 15.9 Å². The van der Waals surface area contributed by atoms with Crippen LogP contribution in [-0.4, -0.2) is 33.9 Å². The van der Waals surface area contributed by atoms with Crippen LogP contribution < -0.4 is 5.32 Å². The van der Waals surface area contributed by atoms with Crippen molar-refractivity contribution in [3.8, 4) is 0 Å². The Balaban J connectivity index is 2.04. The molecule has 2 aromatic carbocycles. The van der Waals surface area contributed by atoms with Gasteiger partial charge in [-0.15, -0.1) is 0 Å². The van der Waals surface area contributed by atoms with E-state index in [4.69, 9.17) is 4.74 Å². The fraction of sp³-hybridized carbons (Fsp3) is 0.176. The molecule has 0 aliphatic heterocycles. The molecule has 0 aromatic heterocycles. The van der Waals surface area contributed by atoms with E-state index in [-0.39, 0.29) is 16.9 Å². The molecule has 2 rings (SSSR count). The minimum absolute atomic E-state index is 0.118. The number of carbonyl (C=O) groups excluding carboxylic acids is 2. The highest BCUT2D eigenvalue weighted by Gasteiger charge is 2.17. The van der Waals surface area contributed by atoms with E-state index >= 15 is 0 Å². The molecule has 1 N–H and O–H groups in total. The number of benzene rings is 2. The standard InChI is InChI=1S/C17H16N2O6S/c1-11-7-8-12(19(22)23)9-14(11)18-16(20)10-25-17(21)13-5-3-4-6-15(13)26(2)24/h3-9H,10H2,1-2H3,(H,18,20)/t26-/m0/s1. The summed E-state index contributed by atoms with van der Waals surface area (Å²) in [5.74, 6) is -1.42. The molecular weight excluding hydrogens is 360 g/mol. The SMILES string of the molecule is Cc1ccc([N+](=O)[O-])cc1NC(=O)COC(=O)c1ccccc1[S@](C)=O. The number of nitrogens with zero attached hydrogens (tertiary/aromatic N) is 1. The van der Waals surface area contributed by atoms with Gasteiger partial charge in [-0.25, -0.2) is 4.79 Å². The predicted octanol–water partition coefficient (Wildman–Crippen LogP) is 2.44. The summed E-state index contributed by atoms with van der Waals surface area (Å²) in [5.41, 5.74) is 0.840. The zero-order valence-corrected chi connectivity index (χ0v) is 14.9. The molecule has 0 aliphatic rings. The first-order chi connectivity index (χ1) is 12.3. The molecular formula is C17H16N2O6S. The van der Waals surface area contributed by atoms with E-state index in [1.807, 2.05) is 0 Å². The number of hydrogen-bond donors (Lipinski definition) is 1. The molecule has 0 fully saturated rings. The Bertz CT molecular complexity index is 897. The molecule has 0 unspecified atom stereocenters. The van der Waals surface area contributed by atoms with Crippen LogP contribution in [0, 0.1) is 17.0 Å². The van der Waals surface area contributed by atoms with Crippen molar-refractivity contribution in [2.24, 2.45) is 0 Å². The first-order valence-corrected chi connectivity index (χ1v) is 9.00. The second kappa shape index (κ2) is 8.34. The van der Waals surface area contributed by atoms with E-state index in [9.17, 15) is 23.9 Å². The molecule has 0 heterocycles. The first-order valence-electron chi connectivity index (χ1n) is 7.44. The Hall–Kier alpha value is -3.07. The van der Waals surface area contributed by atoms with Crippen molar-refractivity contribution in [3.05, 3.63) is 63.7 Å². The van der Waals surface area contributed by atoms with E-state index in [1.54, 1.807) is 25.1 Å². The van der Waals surface area contributed by atoms with Gasteiger partial charge < -0.3 is 10.1 Å². The van der Waals surface area contributed by atoms with Gasteiger partial charge in [-0.1, -0.05) is 18.2 Å². The number of aryl methyl sites for hydroxylation is 1. The van der Waals surface area contributed by atoms with Crippen molar-refractivity contribution in [1.29, 1.82) is 0 Å². The minimum Gasteiger partial charge on any atom is -0.452 e. The lowest BCUT2D eigenvalue weighted by Gasteiger charge is -2.10. The Morgan fingerprint density at radius 3 is 2.58 bits per heavy atom. The third-order valence-electron chi connectivity index (χ3n) is 3.46. The van der Waals surface area contributed by atoms with Crippen LogP contribution in [0.15, 0.2) is 47.4 Å². The van der Waals surface area contributed by atoms with Crippen LogP contribution in [0.25, 0.3) is 0 Å². The molecule has 136 valence electrons. The summed E-state index contributed by atoms with van der Waals surface area (Å²) >= 11 is 0. The van der Waals surface area contributed by atoms with Gasteiger partial charge in [0.2, 0.25) is 0 Å². The van der Waals surface area contributed by atoms with E-state index in [2.05, 4.69) is 5.32 Å². The van der Waals surface area contributed by atoms with Gasteiger partial charge >= 0.3 is 5.97 Å². The van der Waals surface area contributed by atoms with Gasteiger partial charge in [-0.3, -0.25) is 19.1 Å². The highest BCUT2D eigenvalue weighted by molar-refractivity contribution is 7.84. The molecule has 1 amide bonds. The van der Waals surface area contributed by atoms with Crippen molar-refractivity contribution < 1.29 is 23.5 Å². The quantitative estimate of drug-likeness (QED) is 0.470. The topological polar surface area (TPSA) is 116 Å². The monoisotopic (exact) mass is 376 g/mol. The second-order valence-electron chi connectivity index (χ2n) is 5.33. The zero-order valence-electron chi connectivity index (χ0n) is 14.1. The van der Waals surface area contributed by atoms with Gasteiger partial charge in [0, 0.05) is 18.4 Å². The van der Waals surface area contributed by atoms with Crippen molar-refractivity contribution in [1.82, 2.24) is 0 Å². The van der Waals surface area contributed by atoms with Crippen LogP contribution in [0.5, 0.6) is 0 Å². The summed E-state index contributed by atoms with van der Waals surface area (Å²) in [5, 5.41) is 13.3. The third kappa shape index (κ3) is 4.73. The van der Waals surface area contributed by atoms with E-state index in [0.717, 1.165) is 0 Å². The fourth-order valence-corrected chi connectivity index (χ4v) is 2.87. The Morgan fingerprint density at radius 1 is 1.23 bits per heavy atom. The number of nitro benzene ring substituents is 1. The van der Waals surface area contributed by atoms with Crippen LogP contribution in [0.3, 0.4) is 0 Å².